The molecule has 52 valence electrons. The lowest BCUT2D eigenvalue weighted by Gasteiger charge is -1.95. The number of nitrogens with two attached hydrogens (primary N) is 2. The predicted octanol–water partition coefficient (Wildman–Crippen LogP) is -1.65. The van der Waals surface area contributed by atoms with Gasteiger partial charge in [-0.3, -0.25) is 15.2 Å². The van der Waals surface area contributed by atoms with Gasteiger partial charge in [0.2, 0.25) is 5.91 Å². The monoisotopic (exact) mass is 130 g/mol. The molecule has 0 aromatic heterocycles. The van der Waals surface area contributed by atoms with Crippen LogP contribution in [0.3, 0.4) is 0 Å². The van der Waals surface area contributed by atoms with Gasteiger partial charge in [0.15, 0.2) is 0 Å². The number of nitrogens with zero attached hydrogens (tertiary/aromatic N) is 1. The van der Waals surface area contributed by atoms with Crippen LogP contribution in [0.4, 0.5) is 0 Å². The Kier molecular flexibility index (Phi) is 3.38. The fourth-order valence-electron chi connectivity index (χ4n) is 0.295. The Morgan fingerprint density at radius 1 is 1.78 bits per heavy atom. The SMILES string of the molecule is CN=C(N)CC(=O)NN. The third-order valence-electron chi connectivity index (χ3n) is 0.790. The number of nitrogens with one attached hydrogen (secondary N) is 1. The molecule has 0 spiro atoms. The Balaban J connectivity index is 3.60. The number of carbonyl (C=O) groups excluding carboxylic acids is 1. The van der Waals surface area contributed by atoms with E-state index in [1.807, 2.05) is 5.43 Å². The van der Waals surface area contributed by atoms with Crippen LogP contribution in [0.1, 0.15) is 6.42 Å². The van der Waals surface area contributed by atoms with E-state index in [1.54, 1.807) is 0 Å². The molecule has 9 heavy (non-hydrogen) atoms. The number of hydrogen-bond acceptors (Lipinski definition) is 3. The third kappa shape index (κ3) is 3.48. The van der Waals surface area contributed by atoms with Crippen LogP contribution in [0, 0.1) is 0 Å². The van der Waals surface area contributed by atoms with E-state index in [-0.39, 0.29) is 18.2 Å². The summed E-state index contributed by atoms with van der Waals surface area (Å²) in [6.45, 7) is 0. The second-order valence-corrected chi connectivity index (χ2v) is 1.46. The Morgan fingerprint density at radius 2 is 2.33 bits per heavy atom. The molecule has 0 rings (SSSR count). The molecule has 0 aromatic carbocycles. The van der Waals surface area contributed by atoms with Gasteiger partial charge in [0.05, 0.1) is 6.42 Å². The molecule has 0 bridgehead atoms. The van der Waals surface area contributed by atoms with Crippen LogP contribution < -0.4 is 17.0 Å². The third-order valence-corrected chi connectivity index (χ3v) is 0.790. The van der Waals surface area contributed by atoms with E-state index >= 15 is 0 Å². The molecule has 1 amide bonds. The predicted molar refractivity (Wildman–Crippen MR) is 34.5 cm³/mol. The van der Waals surface area contributed by atoms with Crippen molar-refractivity contribution in [1.82, 2.24) is 5.43 Å². The van der Waals surface area contributed by atoms with E-state index < -0.39 is 0 Å². The van der Waals surface area contributed by atoms with E-state index in [0.29, 0.717) is 0 Å². The zero-order valence-electron chi connectivity index (χ0n) is 5.22. The van der Waals surface area contributed by atoms with Gasteiger partial charge in [-0.05, 0) is 0 Å². The molecule has 0 unspecified atom stereocenters. The van der Waals surface area contributed by atoms with Crippen molar-refractivity contribution < 1.29 is 4.79 Å². The van der Waals surface area contributed by atoms with Crippen LogP contribution >= 0.6 is 0 Å². The first-order chi connectivity index (χ1) is 4.20. The van der Waals surface area contributed by atoms with Gasteiger partial charge in [0.25, 0.3) is 0 Å². The van der Waals surface area contributed by atoms with Gasteiger partial charge < -0.3 is 5.73 Å². The van der Waals surface area contributed by atoms with Crippen molar-refractivity contribution in [3.63, 3.8) is 0 Å². The summed E-state index contributed by atoms with van der Waals surface area (Å²) in [5.41, 5.74) is 7.11. The number of amidine groups is 1. The Hall–Kier alpha value is -1.10. The minimum absolute atomic E-state index is 0.0625. The molecule has 0 saturated carbocycles. The number of hydrazine groups is 1. The van der Waals surface area contributed by atoms with Gasteiger partial charge in [-0.15, -0.1) is 0 Å². The van der Waals surface area contributed by atoms with Crippen molar-refractivity contribution in [1.29, 1.82) is 0 Å². The minimum Gasteiger partial charge on any atom is -0.387 e. The fourth-order valence-corrected chi connectivity index (χ4v) is 0.295. The minimum atomic E-state index is -0.335. The smallest absolute Gasteiger partial charge is 0.241 e. The van der Waals surface area contributed by atoms with Crippen molar-refractivity contribution in [3.8, 4) is 0 Å². The molecule has 0 heterocycles. The summed E-state index contributed by atoms with van der Waals surface area (Å²) in [7, 11) is 1.51. The normalized spacial score (nSPS) is 11.1. The van der Waals surface area contributed by atoms with Crippen molar-refractivity contribution in [3.05, 3.63) is 0 Å². The standard InChI is InChI=1S/C4H10N4O/c1-7-3(5)2-4(9)8-6/h2,6H2,1H3,(H2,5,7)(H,8,9). The summed E-state index contributed by atoms with van der Waals surface area (Å²) in [6.07, 6.45) is 0.0625. The zero-order valence-corrected chi connectivity index (χ0v) is 5.22. The first-order valence-corrected chi connectivity index (χ1v) is 2.41. The van der Waals surface area contributed by atoms with Gasteiger partial charge in [0.1, 0.15) is 5.84 Å². The molecule has 5 nitrogen and oxygen atoms in total. The number of hydrogen-bond donors (Lipinski definition) is 3. The molecule has 0 saturated heterocycles. The molecule has 0 radical (unpaired) electrons. The summed E-state index contributed by atoms with van der Waals surface area (Å²) in [4.78, 5) is 13.9. The van der Waals surface area contributed by atoms with Gasteiger partial charge in [-0.1, -0.05) is 0 Å². The van der Waals surface area contributed by atoms with Crippen LogP contribution in [0.5, 0.6) is 0 Å². The van der Waals surface area contributed by atoms with Gasteiger partial charge in [-0.2, -0.15) is 0 Å². The van der Waals surface area contributed by atoms with Crippen molar-refractivity contribution in [2.24, 2.45) is 16.6 Å². The number of amides is 1. The van der Waals surface area contributed by atoms with Crippen molar-refractivity contribution in [2.75, 3.05) is 7.05 Å². The van der Waals surface area contributed by atoms with Crippen LogP contribution in [-0.2, 0) is 4.79 Å². The van der Waals surface area contributed by atoms with Crippen LogP contribution in [0.2, 0.25) is 0 Å². The summed E-state index contributed by atoms with van der Waals surface area (Å²) in [5.74, 6) is 4.71. The second kappa shape index (κ2) is 3.85. The Morgan fingerprint density at radius 3 is 2.67 bits per heavy atom. The molecule has 0 aromatic rings. The highest BCUT2D eigenvalue weighted by molar-refractivity contribution is 5.98. The largest absolute Gasteiger partial charge is 0.387 e. The second-order valence-electron chi connectivity index (χ2n) is 1.46. The number of rotatable bonds is 2. The molecule has 0 aliphatic rings. The highest BCUT2D eigenvalue weighted by Gasteiger charge is 1.98. The number of aliphatic imine (C=N–C) groups is 1. The lowest BCUT2D eigenvalue weighted by molar-refractivity contribution is -0.119. The lowest BCUT2D eigenvalue weighted by atomic mass is 10.4. The summed E-state index contributed by atoms with van der Waals surface area (Å²) in [5, 5.41) is 0. The molecule has 5 N–H and O–H groups in total. The summed E-state index contributed by atoms with van der Waals surface area (Å²) < 4.78 is 0. The molecular weight excluding hydrogens is 120 g/mol. The molecule has 0 fully saturated rings. The molecule has 0 atom stereocenters. The average molecular weight is 130 g/mol. The average Bonchev–Trinajstić information content (AvgIpc) is 1.87. The van der Waals surface area contributed by atoms with Crippen LogP contribution in [-0.4, -0.2) is 18.8 Å². The summed E-state index contributed by atoms with van der Waals surface area (Å²) >= 11 is 0. The quantitative estimate of drug-likeness (QED) is 0.137. The maximum atomic E-state index is 10.4. The highest BCUT2D eigenvalue weighted by atomic mass is 16.2. The molecule has 0 aliphatic heterocycles. The Labute approximate surface area is 53.1 Å². The zero-order chi connectivity index (χ0) is 7.28. The van der Waals surface area contributed by atoms with Gasteiger partial charge in [-0.25, -0.2) is 5.84 Å². The van der Waals surface area contributed by atoms with Crippen LogP contribution in [0.15, 0.2) is 4.99 Å². The fraction of sp³-hybridized carbons (Fsp3) is 0.500. The summed E-state index contributed by atoms with van der Waals surface area (Å²) in [6, 6.07) is 0. The first kappa shape index (κ1) is 7.90. The molecule has 5 heteroatoms. The molecule has 0 aliphatic carbocycles. The Bertz CT molecular complexity index is 131. The highest BCUT2D eigenvalue weighted by Crippen LogP contribution is 1.76. The van der Waals surface area contributed by atoms with E-state index in [1.165, 1.54) is 7.05 Å². The van der Waals surface area contributed by atoms with Gasteiger partial charge in [0, 0.05) is 7.05 Å². The molecular formula is C4H10N4O. The topological polar surface area (TPSA) is 93.5 Å². The van der Waals surface area contributed by atoms with E-state index in [0.717, 1.165) is 0 Å². The first-order valence-electron chi connectivity index (χ1n) is 2.41. The van der Waals surface area contributed by atoms with Gasteiger partial charge >= 0.3 is 0 Å². The maximum absolute atomic E-state index is 10.4. The maximum Gasteiger partial charge on any atom is 0.241 e. The lowest BCUT2D eigenvalue weighted by Crippen LogP contribution is -2.33. The van der Waals surface area contributed by atoms with E-state index in [2.05, 4.69) is 4.99 Å². The van der Waals surface area contributed by atoms with Crippen molar-refractivity contribution in [2.45, 2.75) is 6.42 Å². The van der Waals surface area contributed by atoms with E-state index in [4.69, 9.17) is 11.6 Å². The number of carbonyl (C=O) groups is 1. The van der Waals surface area contributed by atoms with Crippen molar-refractivity contribution >= 4 is 11.7 Å². The van der Waals surface area contributed by atoms with E-state index in [9.17, 15) is 4.79 Å². The van der Waals surface area contributed by atoms with Crippen LogP contribution in [0.25, 0.3) is 0 Å².